The van der Waals surface area contributed by atoms with Crippen molar-refractivity contribution in [2.45, 2.75) is 32.7 Å². The lowest BCUT2D eigenvalue weighted by atomic mass is 10.2. The first kappa shape index (κ1) is 13.5. The maximum Gasteiger partial charge on any atom is 0.323 e. The molecule has 0 spiro atoms. The summed E-state index contributed by atoms with van der Waals surface area (Å²) in [4.78, 5) is 23.9. The number of hydrogen-bond donors (Lipinski definition) is 2. The van der Waals surface area contributed by atoms with Gasteiger partial charge in [0.2, 0.25) is 0 Å². The Morgan fingerprint density at radius 2 is 2.00 bits per heavy atom. The van der Waals surface area contributed by atoms with Gasteiger partial charge < -0.3 is 15.3 Å². The second-order valence-corrected chi connectivity index (χ2v) is 4.76. The summed E-state index contributed by atoms with van der Waals surface area (Å²) in [6, 6.07) is -0.166. The number of rotatable bonds is 5. The Balaban J connectivity index is 2.48. The van der Waals surface area contributed by atoms with Crippen molar-refractivity contribution in [3.63, 3.8) is 0 Å². The van der Waals surface area contributed by atoms with E-state index in [1.54, 1.807) is 0 Å². The van der Waals surface area contributed by atoms with Crippen LogP contribution in [-0.4, -0.2) is 41.1 Å². The van der Waals surface area contributed by atoms with Crippen LogP contribution in [0.15, 0.2) is 12.2 Å². The largest absolute Gasteiger partial charge is 0.480 e. The van der Waals surface area contributed by atoms with E-state index in [0.717, 1.165) is 12.8 Å². The molecule has 1 aliphatic rings. The second-order valence-electron chi connectivity index (χ2n) is 4.76. The summed E-state index contributed by atoms with van der Waals surface area (Å²) in [7, 11) is 0. The van der Waals surface area contributed by atoms with Gasteiger partial charge >= 0.3 is 12.0 Å². The average molecular weight is 240 g/mol. The number of aliphatic carboxylic acids is 1. The van der Waals surface area contributed by atoms with Gasteiger partial charge in [-0.25, -0.2) is 4.79 Å². The van der Waals surface area contributed by atoms with Gasteiger partial charge in [0, 0.05) is 12.6 Å². The number of carboxylic acids is 1. The maximum atomic E-state index is 11.9. The number of nitrogens with one attached hydrogen (secondary N) is 1. The number of hydrogen-bond acceptors (Lipinski definition) is 2. The number of amides is 2. The Kier molecular flexibility index (Phi) is 5.00. The maximum absolute atomic E-state index is 11.9. The summed E-state index contributed by atoms with van der Waals surface area (Å²) in [6.45, 7) is 4.13. The van der Waals surface area contributed by atoms with Gasteiger partial charge in [-0.3, -0.25) is 4.79 Å². The fourth-order valence-corrected chi connectivity index (χ4v) is 1.82. The van der Waals surface area contributed by atoms with Crippen LogP contribution in [0.5, 0.6) is 0 Å². The first-order chi connectivity index (χ1) is 7.99. The molecule has 0 bridgehead atoms. The minimum Gasteiger partial charge on any atom is -0.480 e. The average Bonchev–Trinajstić information content (AvgIpc) is 2.67. The van der Waals surface area contributed by atoms with Crippen molar-refractivity contribution in [2.75, 3.05) is 13.1 Å². The van der Waals surface area contributed by atoms with Crippen molar-refractivity contribution < 1.29 is 14.7 Å². The third-order valence-electron chi connectivity index (χ3n) is 2.53. The van der Waals surface area contributed by atoms with Gasteiger partial charge in [-0.15, -0.1) is 0 Å². The van der Waals surface area contributed by atoms with Crippen molar-refractivity contribution in [2.24, 2.45) is 5.92 Å². The highest BCUT2D eigenvalue weighted by Gasteiger charge is 2.21. The molecule has 2 amide bonds. The Hall–Kier alpha value is -1.52. The molecule has 17 heavy (non-hydrogen) atoms. The van der Waals surface area contributed by atoms with E-state index >= 15 is 0 Å². The van der Waals surface area contributed by atoms with E-state index in [4.69, 9.17) is 5.11 Å². The summed E-state index contributed by atoms with van der Waals surface area (Å²) >= 11 is 0. The zero-order valence-corrected chi connectivity index (χ0v) is 10.3. The normalized spacial score (nSPS) is 15.2. The minimum absolute atomic E-state index is 0.117. The molecule has 0 aromatic rings. The molecular weight excluding hydrogens is 220 g/mol. The van der Waals surface area contributed by atoms with Gasteiger partial charge in [-0.2, -0.15) is 0 Å². The Bertz CT molecular complexity index is 305. The van der Waals surface area contributed by atoms with Crippen molar-refractivity contribution in [1.82, 2.24) is 10.2 Å². The molecule has 0 heterocycles. The van der Waals surface area contributed by atoms with Gasteiger partial charge in [0.1, 0.15) is 6.54 Å². The molecule has 5 nitrogen and oxygen atoms in total. The number of urea groups is 1. The fourth-order valence-electron chi connectivity index (χ4n) is 1.82. The molecule has 0 aromatic carbocycles. The van der Waals surface area contributed by atoms with Gasteiger partial charge in [0.05, 0.1) is 0 Å². The predicted octanol–water partition coefficient (Wildman–Crippen LogP) is 1.46. The molecule has 2 N–H and O–H groups in total. The summed E-state index contributed by atoms with van der Waals surface area (Å²) < 4.78 is 0. The summed E-state index contributed by atoms with van der Waals surface area (Å²) in [5.41, 5.74) is 0. The van der Waals surface area contributed by atoms with E-state index in [1.165, 1.54) is 4.90 Å². The molecule has 1 rings (SSSR count). The van der Waals surface area contributed by atoms with E-state index in [1.807, 2.05) is 26.0 Å². The lowest BCUT2D eigenvalue weighted by molar-refractivity contribution is -0.137. The van der Waals surface area contributed by atoms with Crippen LogP contribution in [0.2, 0.25) is 0 Å². The van der Waals surface area contributed by atoms with Crippen molar-refractivity contribution >= 4 is 12.0 Å². The molecule has 0 radical (unpaired) electrons. The molecule has 1 aliphatic carbocycles. The van der Waals surface area contributed by atoms with Crippen LogP contribution in [0.25, 0.3) is 0 Å². The van der Waals surface area contributed by atoms with Crippen molar-refractivity contribution in [3.8, 4) is 0 Å². The zero-order chi connectivity index (χ0) is 12.8. The molecule has 0 fully saturated rings. The molecule has 0 saturated heterocycles. The molecule has 0 aromatic heterocycles. The lowest BCUT2D eigenvalue weighted by Gasteiger charge is -2.25. The van der Waals surface area contributed by atoms with E-state index in [2.05, 4.69) is 5.32 Å². The SMILES string of the molecule is CC(C)CN(CC(=O)O)C(=O)NC1CC=CC1. The van der Waals surface area contributed by atoms with Gasteiger partial charge in [-0.1, -0.05) is 26.0 Å². The number of carbonyl (C=O) groups excluding carboxylic acids is 1. The molecule has 0 atom stereocenters. The monoisotopic (exact) mass is 240 g/mol. The van der Waals surface area contributed by atoms with Crippen LogP contribution in [0.1, 0.15) is 26.7 Å². The van der Waals surface area contributed by atoms with Crippen LogP contribution < -0.4 is 5.32 Å². The number of nitrogens with zero attached hydrogens (tertiary/aromatic N) is 1. The van der Waals surface area contributed by atoms with Crippen molar-refractivity contribution in [3.05, 3.63) is 12.2 Å². The molecule has 0 unspecified atom stereocenters. The molecular formula is C12H20N2O3. The smallest absolute Gasteiger partial charge is 0.323 e. The first-order valence-corrected chi connectivity index (χ1v) is 5.91. The van der Waals surface area contributed by atoms with Crippen LogP contribution >= 0.6 is 0 Å². The highest BCUT2D eigenvalue weighted by atomic mass is 16.4. The first-order valence-electron chi connectivity index (χ1n) is 5.91. The summed E-state index contributed by atoms with van der Waals surface area (Å²) in [5, 5.41) is 11.6. The summed E-state index contributed by atoms with van der Waals surface area (Å²) in [5.74, 6) is -0.729. The lowest BCUT2D eigenvalue weighted by Crippen LogP contribution is -2.47. The number of carbonyl (C=O) groups is 2. The van der Waals surface area contributed by atoms with Crippen LogP contribution in [0, 0.1) is 5.92 Å². The van der Waals surface area contributed by atoms with Gasteiger partial charge in [0.15, 0.2) is 0 Å². The van der Waals surface area contributed by atoms with Gasteiger partial charge in [0.25, 0.3) is 0 Å². The Morgan fingerprint density at radius 3 is 2.47 bits per heavy atom. The highest BCUT2D eigenvalue weighted by molar-refractivity contribution is 5.80. The predicted molar refractivity (Wildman–Crippen MR) is 64.7 cm³/mol. The molecule has 96 valence electrons. The summed E-state index contributed by atoms with van der Waals surface area (Å²) in [6.07, 6.45) is 5.70. The zero-order valence-electron chi connectivity index (χ0n) is 10.3. The Morgan fingerprint density at radius 1 is 1.41 bits per heavy atom. The molecule has 5 heteroatoms. The highest BCUT2D eigenvalue weighted by Crippen LogP contribution is 2.10. The third kappa shape index (κ3) is 4.89. The van der Waals surface area contributed by atoms with E-state index in [9.17, 15) is 9.59 Å². The second kappa shape index (κ2) is 6.27. The van der Waals surface area contributed by atoms with Crippen LogP contribution in [0.3, 0.4) is 0 Å². The minimum atomic E-state index is -0.981. The van der Waals surface area contributed by atoms with Crippen LogP contribution in [-0.2, 0) is 4.79 Å². The standard InChI is InChI=1S/C12H20N2O3/c1-9(2)7-14(8-11(15)16)12(17)13-10-5-3-4-6-10/h3-4,9-10H,5-8H2,1-2H3,(H,13,17)(H,15,16). The quantitative estimate of drug-likeness (QED) is 0.715. The van der Waals surface area contributed by atoms with E-state index < -0.39 is 5.97 Å². The number of carboxylic acid groups (broad SMARTS) is 1. The Labute approximate surface area is 101 Å². The van der Waals surface area contributed by atoms with Crippen molar-refractivity contribution in [1.29, 1.82) is 0 Å². The third-order valence-corrected chi connectivity index (χ3v) is 2.53. The molecule has 0 aliphatic heterocycles. The van der Waals surface area contributed by atoms with E-state index in [0.29, 0.717) is 6.54 Å². The fraction of sp³-hybridized carbons (Fsp3) is 0.667. The van der Waals surface area contributed by atoms with Crippen LogP contribution in [0.4, 0.5) is 4.79 Å². The van der Waals surface area contributed by atoms with E-state index in [-0.39, 0.29) is 24.5 Å². The molecule has 0 saturated carbocycles. The van der Waals surface area contributed by atoms with Gasteiger partial charge in [-0.05, 0) is 18.8 Å². The topological polar surface area (TPSA) is 69.6 Å².